The highest BCUT2D eigenvalue weighted by atomic mass is 32.2. The molecule has 0 bridgehead atoms. The van der Waals surface area contributed by atoms with E-state index in [9.17, 15) is 19.6 Å². The van der Waals surface area contributed by atoms with Crippen molar-refractivity contribution in [3.05, 3.63) is 58.9 Å². The summed E-state index contributed by atoms with van der Waals surface area (Å²) in [5.41, 5.74) is 0.430. The number of nitrogens with zero attached hydrogens (tertiary/aromatic N) is 1. The second kappa shape index (κ2) is 8.86. The zero-order valence-corrected chi connectivity index (χ0v) is 14.9. The molecular formula is C17H16N2O6S. The first-order chi connectivity index (χ1) is 12.4. The molecule has 1 amide bonds. The van der Waals surface area contributed by atoms with E-state index in [0.29, 0.717) is 9.76 Å². The van der Waals surface area contributed by atoms with Crippen LogP contribution in [0.15, 0.2) is 47.6 Å². The molecule has 0 fully saturated rings. The van der Waals surface area contributed by atoms with Gasteiger partial charge in [0.1, 0.15) is 0 Å². The summed E-state index contributed by atoms with van der Waals surface area (Å²) in [4.78, 5) is 35.6. The molecule has 26 heavy (non-hydrogen) atoms. The Labute approximate surface area is 153 Å². The molecular weight excluding hydrogens is 360 g/mol. The molecule has 2 rings (SSSR count). The number of hydrogen-bond acceptors (Lipinski definition) is 7. The highest BCUT2D eigenvalue weighted by Gasteiger charge is 2.15. The molecule has 1 N–H and O–H groups in total. The Morgan fingerprint density at radius 3 is 2.23 bits per heavy atom. The first kappa shape index (κ1) is 19.3. The summed E-state index contributed by atoms with van der Waals surface area (Å²) in [5, 5.41) is 14.5. The molecule has 0 aliphatic heterocycles. The topological polar surface area (TPSA) is 109 Å². The number of thioether (sulfide) groups is 1. The lowest BCUT2D eigenvalue weighted by Gasteiger charge is -2.09. The van der Waals surface area contributed by atoms with Crippen molar-refractivity contribution in [3.8, 4) is 0 Å². The van der Waals surface area contributed by atoms with Gasteiger partial charge in [0.05, 0.1) is 31.1 Å². The maximum Gasteiger partial charge on any atom is 0.337 e. The summed E-state index contributed by atoms with van der Waals surface area (Å²) in [7, 11) is 2.42. The smallest absolute Gasteiger partial charge is 0.337 e. The van der Waals surface area contributed by atoms with Gasteiger partial charge in [-0.1, -0.05) is 0 Å². The van der Waals surface area contributed by atoms with E-state index in [0.717, 1.165) is 11.8 Å². The second-order valence-electron chi connectivity index (χ2n) is 4.98. The number of methoxy groups -OCH3 is 2. The minimum atomic E-state index is -0.655. The molecule has 8 nitrogen and oxygen atoms in total. The van der Waals surface area contributed by atoms with E-state index in [-0.39, 0.29) is 22.6 Å². The van der Waals surface area contributed by atoms with Gasteiger partial charge in [0, 0.05) is 17.8 Å². The van der Waals surface area contributed by atoms with Gasteiger partial charge in [-0.05, 0) is 36.0 Å². The van der Waals surface area contributed by atoms with Crippen LogP contribution in [0.3, 0.4) is 0 Å². The monoisotopic (exact) mass is 376 g/mol. The van der Waals surface area contributed by atoms with Gasteiger partial charge in [0.25, 0.3) is 5.03 Å². The molecule has 0 unspecified atom stereocenters. The fraction of sp³-hybridized carbons (Fsp3) is 0.176. The molecule has 1 heterocycles. The molecule has 0 aliphatic carbocycles. The Morgan fingerprint density at radius 1 is 1.08 bits per heavy atom. The average Bonchev–Trinajstić information content (AvgIpc) is 2.65. The molecule has 0 spiro atoms. The van der Waals surface area contributed by atoms with Crippen molar-refractivity contribution in [2.75, 3.05) is 25.3 Å². The number of carbonyl (C=O) groups excluding carboxylic acids is 3. The van der Waals surface area contributed by atoms with Crippen molar-refractivity contribution in [3.63, 3.8) is 0 Å². The predicted octanol–water partition coefficient (Wildman–Crippen LogP) is 1.62. The van der Waals surface area contributed by atoms with E-state index in [1.54, 1.807) is 18.2 Å². The predicted molar refractivity (Wildman–Crippen MR) is 93.9 cm³/mol. The van der Waals surface area contributed by atoms with E-state index in [2.05, 4.69) is 14.8 Å². The van der Waals surface area contributed by atoms with Crippen LogP contribution in [0, 0.1) is 5.21 Å². The lowest BCUT2D eigenvalue weighted by atomic mass is 10.1. The van der Waals surface area contributed by atoms with Crippen LogP contribution in [0.4, 0.5) is 5.69 Å². The van der Waals surface area contributed by atoms with E-state index < -0.39 is 17.8 Å². The van der Waals surface area contributed by atoms with Crippen LogP contribution < -0.4 is 10.0 Å². The Hall–Kier alpha value is -3.07. The number of amides is 1. The number of pyridine rings is 1. The minimum absolute atomic E-state index is 0.0255. The molecule has 0 atom stereocenters. The van der Waals surface area contributed by atoms with Crippen LogP contribution in [0.1, 0.15) is 20.7 Å². The second-order valence-corrected chi connectivity index (χ2v) is 5.98. The van der Waals surface area contributed by atoms with Crippen LogP contribution >= 0.6 is 11.8 Å². The maximum atomic E-state index is 12.1. The zero-order valence-electron chi connectivity index (χ0n) is 14.1. The summed E-state index contributed by atoms with van der Waals surface area (Å²) in [6.45, 7) is 0. The molecule has 1 aromatic heterocycles. The first-order valence-corrected chi connectivity index (χ1v) is 8.35. The van der Waals surface area contributed by atoms with E-state index in [1.807, 2.05) is 0 Å². The van der Waals surface area contributed by atoms with Crippen molar-refractivity contribution in [2.24, 2.45) is 0 Å². The number of rotatable bonds is 6. The number of carbonyl (C=O) groups is 3. The molecule has 136 valence electrons. The summed E-state index contributed by atoms with van der Waals surface area (Å²) < 4.78 is 9.93. The Kier molecular flexibility index (Phi) is 6.56. The Bertz CT molecular complexity index is 806. The number of nitrogens with one attached hydrogen (secondary N) is 1. The lowest BCUT2D eigenvalue weighted by molar-refractivity contribution is -0.645. The van der Waals surface area contributed by atoms with E-state index in [1.165, 1.54) is 38.6 Å². The molecule has 2 aromatic rings. The summed E-state index contributed by atoms with van der Waals surface area (Å²) >= 11 is 1.06. The van der Waals surface area contributed by atoms with Crippen molar-refractivity contribution < 1.29 is 28.6 Å². The zero-order chi connectivity index (χ0) is 19.1. The summed E-state index contributed by atoms with van der Waals surface area (Å²) in [6, 6.07) is 8.96. The molecule has 0 radical (unpaired) electrons. The van der Waals surface area contributed by atoms with Crippen molar-refractivity contribution in [1.29, 1.82) is 0 Å². The fourth-order valence-electron chi connectivity index (χ4n) is 2.03. The number of aromatic nitrogens is 1. The molecule has 9 heteroatoms. The van der Waals surface area contributed by atoms with Gasteiger partial charge in [-0.3, -0.25) is 4.79 Å². The van der Waals surface area contributed by atoms with E-state index in [4.69, 9.17) is 0 Å². The third-order valence-corrected chi connectivity index (χ3v) is 4.22. The highest BCUT2D eigenvalue weighted by molar-refractivity contribution is 7.99. The van der Waals surface area contributed by atoms with E-state index >= 15 is 0 Å². The fourth-order valence-corrected chi connectivity index (χ4v) is 2.75. The first-order valence-electron chi connectivity index (χ1n) is 7.37. The van der Waals surface area contributed by atoms with Crippen molar-refractivity contribution in [2.45, 2.75) is 5.03 Å². The molecule has 0 saturated carbocycles. The van der Waals surface area contributed by atoms with Crippen molar-refractivity contribution in [1.82, 2.24) is 0 Å². The number of ether oxygens (including phenoxy) is 2. The van der Waals surface area contributed by atoms with Crippen LogP contribution in [0.25, 0.3) is 0 Å². The Morgan fingerprint density at radius 2 is 1.69 bits per heavy atom. The molecule has 0 aliphatic rings. The largest absolute Gasteiger partial charge is 0.618 e. The number of esters is 2. The van der Waals surface area contributed by atoms with Crippen LogP contribution in [0.2, 0.25) is 0 Å². The number of hydrogen-bond donors (Lipinski definition) is 1. The summed E-state index contributed by atoms with van der Waals surface area (Å²) in [5.74, 6) is -1.74. The maximum absolute atomic E-state index is 12.1. The quantitative estimate of drug-likeness (QED) is 0.353. The van der Waals surface area contributed by atoms with Gasteiger partial charge in [-0.25, -0.2) is 9.59 Å². The third-order valence-electron chi connectivity index (χ3n) is 3.20. The van der Waals surface area contributed by atoms with Gasteiger partial charge in [0.2, 0.25) is 5.91 Å². The van der Waals surface area contributed by atoms with Crippen LogP contribution in [0.5, 0.6) is 0 Å². The normalized spacial score (nSPS) is 10.1. The SMILES string of the molecule is COC(=O)c1cc(NC(=O)CSc2cccc[n+]2[O-])cc(C(=O)OC)c1. The molecule has 0 saturated heterocycles. The lowest BCUT2D eigenvalue weighted by Crippen LogP contribution is -2.28. The molecule has 1 aromatic carbocycles. The van der Waals surface area contributed by atoms with Gasteiger partial charge in [-0.15, -0.1) is 0 Å². The standard InChI is InChI=1S/C17H16N2O6S/c1-24-16(21)11-7-12(17(22)25-2)9-13(8-11)18-14(20)10-26-15-5-3-4-6-19(15)23/h3-9H,10H2,1-2H3,(H,18,20). The summed E-state index contributed by atoms with van der Waals surface area (Å²) in [6.07, 6.45) is 1.34. The van der Waals surface area contributed by atoms with Gasteiger partial charge < -0.3 is 20.0 Å². The minimum Gasteiger partial charge on any atom is -0.618 e. The highest BCUT2D eigenvalue weighted by Crippen LogP contribution is 2.18. The van der Waals surface area contributed by atoms with Gasteiger partial charge in [0.15, 0.2) is 6.20 Å². The number of benzene rings is 1. The van der Waals surface area contributed by atoms with Crippen LogP contribution in [-0.4, -0.2) is 37.8 Å². The van der Waals surface area contributed by atoms with Gasteiger partial charge >= 0.3 is 11.9 Å². The third kappa shape index (κ3) is 4.96. The number of anilines is 1. The van der Waals surface area contributed by atoms with Gasteiger partial charge in [-0.2, -0.15) is 4.73 Å². The van der Waals surface area contributed by atoms with Crippen molar-refractivity contribution >= 4 is 35.3 Å². The Balaban J connectivity index is 2.14. The van der Waals surface area contributed by atoms with Crippen LogP contribution in [-0.2, 0) is 14.3 Å². The average molecular weight is 376 g/mol.